The van der Waals surface area contributed by atoms with Gasteiger partial charge in [-0.15, -0.1) is 0 Å². The van der Waals surface area contributed by atoms with Gasteiger partial charge in [-0.05, 0) is 37.6 Å². The topological polar surface area (TPSA) is 71.8 Å². The lowest BCUT2D eigenvalue weighted by Gasteiger charge is -2.17. The predicted octanol–water partition coefficient (Wildman–Crippen LogP) is 3.33. The van der Waals surface area contributed by atoms with E-state index in [1.54, 1.807) is 12.3 Å². The van der Waals surface area contributed by atoms with Gasteiger partial charge in [0.25, 0.3) is 5.91 Å². The molecule has 0 atom stereocenters. The van der Waals surface area contributed by atoms with Crippen LogP contribution in [0.4, 0.5) is 20.4 Å². The number of nitrogens with one attached hydrogen (secondary N) is 2. The fourth-order valence-electron chi connectivity index (χ4n) is 3.48. The number of anilines is 2. The molecule has 0 saturated carbocycles. The van der Waals surface area contributed by atoms with E-state index in [-0.39, 0.29) is 17.5 Å². The Hall–Kier alpha value is -3.29. The monoisotopic (exact) mass is 369 g/mol. The highest BCUT2D eigenvalue weighted by atomic mass is 19.1. The minimum Gasteiger partial charge on any atom is -0.349 e. The molecule has 1 aromatic carbocycles. The molecular weight excluding hydrogens is 352 g/mol. The second kappa shape index (κ2) is 6.46. The number of carbonyl (C=O) groups excluding carboxylic acids is 1. The number of amides is 1. The third-order valence-electron chi connectivity index (χ3n) is 4.69. The molecule has 2 N–H and O–H groups in total. The molecule has 4 rings (SSSR count). The number of rotatable bonds is 3. The van der Waals surface area contributed by atoms with Crippen molar-refractivity contribution in [2.75, 3.05) is 11.9 Å². The molecule has 8 heteroatoms. The normalized spacial score (nSPS) is 13.3. The molecular formula is C19H17F2N5O. The SMILES string of the molecule is Cc1c(-c2ccnc(Nc3ccc(F)cc3F)n2)c(C)n2c1C(=O)NCC2. The Balaban J connectivity index is 1.74. The molecule has 27 heavy (non-hydrogen) atoms. The first-order valence-electron chi connectivity index (χ1n) is 8.49. The zero-order valence-electron chi connectivity index (χ0n) is 14.8. The van der Waals surface area contributed by atoms with Gasteiger partial charge in [0.2, 0.25) is 5.95 Å². The molecule has 0 radical (unpaired) electrons. The Morgan fingerprint density at radius 3 is 2.78 bits per heavy atom. The number of carbonyl (C=O) groups is 1. The molecule has 1 amide bonds. The molecule has 6 nitrogen and oxygen atoms in total. The van der Waals surface area contributed by atoms with Crippen molar-refractivity contribution < 1.29 is 13.6 Å². The highest BCUT2D eigenvalue weighted by Gasteiger charge is 2.26. The summed E-state index contributed by atoms with van der Waals surface area (Å²) in [4.78, 5) is 20.8. The summed E-state index contributed by atoms with van der Waals surface area (Å²) in [6, 6.07) is 4.98. The highest BCUT2D eigenvalue weighted by Crippen LogP contribution is 2.32. The summed E-state index contributed by atoms with van der Waals surface area (Å²) in [5, 5.41) is 5.62. The Bertz CT molecular complexity index is 1060. The van der Waals surface area contributed by atoms with Crippen LogP contribution >= 0.6 is 0 Å². The molecule has 0 fully saturated rings. The average Bonchev–Trinajstić information content (AvgIpc) is 2.90. The summed E-state index contributed by atoms with van der Waals surface area (Å²) in [6.45, 7) is 5.11. The van der Waals surface area contributed by atoms with Crippen LogP contribution in [0.3, 0.4) is 0 Å². The zero-order chi connectivity index (χ0) is 19.1. The molecule has 1 aliphatic rings. The van der Waals surface area contributed by atoms with Crippen LogP contribution in [-0.2, 0) is 6.54 Å². The van der Waals surface area contributed by atoms with Crippen molar-refractivity contribution in [2.45, 2.75) is 20.4 Å². The number of aromatic nitrogens is 3. The van der Waals surface area contributed by atoms with Gasteiger partial charge in [0, 0.05) is 36.6 Å². The van der Waals surface area contributed by atoms with Crippen molar-refractivity contribution in [3.05, 3.63) is 59.0 Å². The molecule has 138 valence electrons. The van der Waals surface area contributed by atoms with Gasteiger partial charge < -0.3 is 15.2 Å². The quantitative estimate of drug-likeness (QED) is 0.743. The fourth-order valence-corrected chi connectivity index (χ4v) is 3.48. The predicted molar refractivity (Wildman–Crippen MR) is 96.9 cm³/mol. The largest absolute Gasteiger partial charge is 0.349 e. The van der Waals surface area contributed by atoms with Crippen molar-refractivity contribution in [1.82, 2.24) is 19.9 Å². The summed E-state index contributed by atoms with van der Waals surface area (Å²) in [7, 11) is 0. The molecule has 2 aromatic heterocycles. The third-order valence-corrected chi connectivity index (χ3v) is 4.69. The minimum absolute atomic E-state index is 0.0811. The second-order valence-electron chi connectivity index (χ2n) is 6.36. The first-order chi connectivity index (χ1) is 13.0. The van der Waals surface area contributed by atoms with E-state index in [1.807, 2.05) is 18.4 Å². The Labute approximate surface area is 154 Å². The van der Waals surface area contributed by atoms with Crippen LogP contribution in [0.1, 0.15) is 21.7 Å². The standard InChI is InChI=1S/C19H17F2N5O/c1-10-16(11(2)26-8-7-22-18(27)17(10)26)15-5-6-23-19(25-15)24-14-4-3-12(20)9-13(14)21/h3-6,9H,7-8H2,1-2H3,(H,22,27)(H,23,24,25). The van der Waals surface area contributed by atoms with Crippen molar-refractivity contribution >= 4 is 17.5 Å². The lowest BCUT2D eigenvalue weighted by molar-refractivity contribution is 0.0926. The summed E-state index contributed by atoms with van der Waals surface area (Å²) in [5.74, 6) is -1.30. The number of nitrogens with zero attached hydrogens (tertiary/aromatic N) is 3. The van der Waals surface area contributed by atoms with Crippen LogP contribution in [-0.4, -0.2) is 27.0 Å². The minimum atomic E-state index is -0.729. The molecule has 0 saturated heterocycles. The van der Waals surface area contributed by atoms with Crippen LogP contribution in [0, 0.1) is 25.5 Å². The smallest absolute Gasteiger partial charge is 0.268 e. The summed E-state index contributed by atoms with van der Waals surface area (Å²) in [6.07, 6.45) is 1.56. The molecule has 0 unspecified atom stereocenters. The molecule has 3 heterocycles. The van der Waals surface area contributed by atoms with Crippen molar-refractivity contribution in [3.8, 4) is 11.3 Å². The van der Waals surface area contributed by atoms with Crippen molar-refractivity contribution in [3.63, 3.8) is 0 Å². The van der Waals surface area contributed by atoms with Gasteiger partial charge in [-0.3, -0.25) is 4.79 Å². The summed E-state index contributed by atoms with van der Waals surface area (Å²) in [5.41, 5.74) is 3.97. The summed E-state index contributed by atoms with van der Waals surface area (Å²) >= 11 is 0. The van der Waals surface area contributed by atoms with Gasteiger partial charge in [-0.1, -0.05) is 0 Å². The molecule has 3 aromatic rings. The molecule has 1 aliphatic heterocycles. The number of halogens is 2. The van der Waals surface area contributed by atoms with E-state index >= 15 is 0 Å². The first-order valence-corrected chi connectivity index (χ1v) is 8.49. The second-order valence-corrected chi connectivity index (χ2v) is 6.36. The number of fused-ring (bicyclic) bond motifs is 1. The Kier molecular flexibility index (Phi) is 4.10. The number of benzene rings is 1. The van der Waals surface area contributed by atoms with E-state index in [4.69, 9.17) is 0 Å². The van der Waals surface area contributed by atoms with Gasteiger partial charge in [0.15, 0.2) is 0 Å². The zero-order valence-corrected chi connectivity index (χ0v) is 14.8. The van der Waals surface area contributed by atoms with Crippen LogP contribution in [0.5, 0.6) is 0 Å². The lowest BCUT2D eigenvalue weighted by atomic mass is 10.1. The maximum Gasteiger partial charge on any atom is 0.268 e. The van der Waals surface area contributed by atoms with Gasteiger partial charge in [-0.25, -0.2) is 18.7 Å². The first kappa shape index (κ1) is 17.1. The van der Waals surface area contributed by atoms with Gasteiger partial charge in [0.05, 0.1) is 11.4 Å². The fraction of sp³-hybridized carbons (Fsp3) is 0.211. The van der Waals surface area contributed by atoms with Crippen LogP contribution < -0.4 is 10.6 Å². The molecule has 0 bridgehead atoms. The Morgan fingerprint density at radius 1 is 1.22 bits per heavy atom. The van der Waals surface area contributed by atoms with E-state index in [0.717, 1.165) is 29.0 Å². The maximum atomic E-state index is 13.9. The lowest BCUT2D eigenvalue weighted by Crippen LogP contribution is -2.35. The van der Waals surface area contributed by atoms with E-state index in [9.17, 15) is 13.6 Å². The third kappa shape index (κ3) is 2.92. The van der Waals surface area contributed by atoms with Crippen LogP contribution in [0.15, 0.2) is 30.5 Å². The Morgan fingerprint density at radius 2 is 2.04 bits per heavy atom. The van der Waals surface area contributed by atoms with Gasteiger partial charge in [-0.2, -0.15) is 0 Å². The summed E-state index contributed by atoms with van der Waals surface area (Å²) < 4.78 is 28.9. The molecule has 0 spiro atoms. The van der Waals surface area contributed by atoms with Gasteiger partial charge >= 0.3 is 0 Å². The van der Waals surface area contributed by atoms with Crippen molar-refractivity contribution in [1.29, 1.82) is 0 Å². The van der Waals surface area contributed by atoms with Crippen molar-refractivity contribution in [2.24, 2.45) is 0 Å². The van der Waals surface area contributed by atoms with Crippen LogP contribution in [0.2, 0.25) is 0 Å². The van der Waals surface area contributed by atoms with E-state index in [1.165, 1.54) is 6.07 Å². The van der Waals surface area contributed by atoms with E-state index < -0.39 is 11.6 Å². The number of hydrogen-bond donors (Lipinski definition) is 2. The molecule has 0 aliphatic carbocycles. The highest BCUT2D eigenvalue weighted by molar-refractivity contribution is 5.97. The maximum absolute atomic E-state index is 13.9. The number of hydrogen-bond acceptors (Lipinski definition) is 4. The van der Waals surface area contributed by atoms with Gasteiger partial charge in [0.1, 0.15) is 17.3 Å². The van der Waals surface area contributed by atoms with E-state index in [2.05, 4.69) is 20.6 Å². The van der Waals surface area contributed by atoms with Crippen LogP contribution in [0.25, 0.3) is 11.3 Å². The van der Waals surface area contributed by atoms with E-state index in [0.29, 0.717) is 24.5 Å². The average molecular weight is 369 g/mol.